The van der Waals surface area contributed by atoms with Crippen LogP contribution in [0.3, 0.4) is 0 Å². The molecule has 0 fully saturated rings. The molecule has 3 aromatic rings. The van der Waals surface area contributed by atoms with Gasteiger partial charge in [-0.3, -0.25) is 4.72 Å². The number of aromatic nitrogens is 4. The summed E-state index contributed by atoms with van der Waals surface area (Å²) in [6.45, 7) is 2.00. The topological polar surface area (TPSA) is 102 Å². The van der Waals surface area contributed by atoms with Crippen LogP contribution in [0.25, 0.3) is 5.69 Å². The van der Waals surface area contributed by atoms with Crippen molar-refractivity contribution in [2.75, 3.05) is 4.72 Å². The molecule has 1 heterocycles. The molecule has 0 atom stereocenters. The van der Waals surface area contributed by atoms with Crippen LogP contribution >= 0.6 is 0 Å². The zero-order chi connectivity index (χ0) is 17.0. The maximum atomic E-state index is 12.1. The summed E-state index contributed by atoms with van der Waals surface area (Å²) in [5, 5.41) is 11.2. The predicted molar refractivity (Wildman–Crippen MR) is 89.7 cm³/mol. The van der Waals surface area contributed by atoms with E-state index in [0.717, 1.165) is 11.3 Å². The fourth-order valence-corrected chi connectivity index (χ4v) is 2.98. The lowest BCUT2D eigenvalue weighted by Gasteiger charge is -2.10. The summed E-state index contributed by atoms with van der Waals surface area (Å²) in [5.41, 5.74) is 2.08. The zero-order valence-electron chi connectivity index (χ0n) is 12.9. The summed E-state index contributed by atoms with van der Waals surface area (Å²) in [6, 6.07) is 16.1. The normalized spacial score (nSPS) is 11.4. The van der Waals surface area contributed by atoms with Crippen molar-refractivity contribution in [3.63, 3.8) is 0 Å². The Kier molecular flexibility index (Phi) is 4.54. The summed E-state index contributed by atoms with van der Waals surface area (Å²) < 4.78 is 30.7. The van der Waals surface area contributed by atoms with E-state index in [1.807, 2.05) is 30.3 Å². The van der Waals surface area contributed by atoms with Crippen molar-refractivity contribution in [2.24, 2.45) is 0 Å². The first-order valence-electron chi connectivity index (χ1n) is 7.20. The van der Waals surface area contributed by atoms with Crippen molar-refractivity contribution in [1.29, 1.82) is 0 Å². The van der Waals surface area contributed by atoms with E-state index in [4.69, 9.17) is 0 Å². The Morgan fingerprint density at radius 2 is 1.75 bits per heavy atom. The van der Waals surface area contributed by atoms with Crippen LogP contribution in [0.4, 0.5) is 5.69 Å². The van der Waals surface area contributed by atoms with E-state index in [1.54, 1.807) is 35.9 Å². The van der Waals surface area contributed by atoms with Crippen molar-refractivity contribution >= 4 is 15.9 Å². The molecule has 3 rings (SSSR count). The lowest BCUT2D eigenvalue weighted by atomic mass is 10.2. The fourth-order valence-electron chi connectivity index (χ4n) is 2.11. The minimum absolute atomic E-state index is 0.220. The number of hydrogen-bond donors (Lipinski definition) is 2. The van der Waals surface area contributed by atoms with Gasteiger partial charge < -0.3 is 0 Å². The summed E-state index contributed by atoms with van der Waals surface area (Å²) in [5.74, 6) is 0.646. The van der Waals surface area contributed by atoms with E-state index in [0.29, 0.717) is 11.5 Å². The molecule has 24 heavy (non-hydrogen) atoms. The van der Waals surface area contributed by atoms with Crippen LogP contribution in [-0.2, 0) is 16.8 Å². The third kappa shape index (κ3) is 3.94. The molecule has 0 amide bonds. The molecule has 8 nitrogen and oxygen atoms in total. The molecular weight excluding hydrogens is 328 g/mol. The van der Waals surface area contributed by atoms with Gasteiger partial charge in [-0.2, -0.15) is 17.8 Å². The molecule has 0 saturated heterocycles. The van der Waals surface area contributed by atoms with Crippen LogP contribution in [0.2, 0.25) is 0 Å². The fraction of sp³-hybridized carbons (Fsp3) is 0.133. The highest BCUT2D eigenvalue weighted by Gasteiger charge is 2.10. The summed E-state index contributed by atoms with van der Waals surface area (Å²) in [4.78, 5) is 0. The first-order valence-corrected chi connectivity index (χ1v) is 8.68. The van der Waals surface area contributed by atoms with Gasteiger partial charge in [-0.05, 0) is 47.2 Å². The Balaban J connectivity index is 1.65. The zero-order valence-corrected chi connectivity index (χ0v) is 13.7. The van der Waals surface area contributed by atoms with Crippen LogP contribution in [0.15, 0.2) is 54.6 Å². The van der Waals surface area contributed by atoms with Crippen molar-refractivity contribution in [3.05, 3.63) is 66.0 Å². The number of nitrogens with one attached hydrogen (secondary N) is 2. The highest BCUT2D eigenvalue weighted by atomic mass is 32.2. The molecule has 0 saturated carbocycles. The van der Waals surface area contributed by atoms with E-state index in [9.17, 15) is 8.42 Å². The highest BCUT2D eigenvalue weighted by Crippen LogP contribution is 2.14. The number of benzene rings is 2. The second kappa shape index (κ2) is 6.77. The Labute approximate surface area is 139 Å². The minimum atomic E-state index is -3.65. The molecule has 0 aliphatic heterocycles. The smallest absolute Gasteiger partial charge is 0.271 e. The Morgan fingerprint density at radius 1 is 1.04 bits per heavy atom. The van der Waals surface area contributed by atoms with E-state index >= 15 is 0 Å². The number of nitrogens with zero attached hydrogens (tertiary/aromatic N) is 4. The van der Waals surface area contributed by atoms with E-state index in [1.165, 1.54) is 0 Å². The third-order valence-electron chi connectivity index (χ3n) is 3.30. The molecule has 0 radical (unpaired) electrons. The van der Waals surface area contributed by atoms with Crippen LogP contribution < -0.4 is 9.44 Å². The lowest BCUT2D eigenvalue weighted by Crippen LogP contribution is -2.29. The van der Waals surface area contributed by atoms with Crippen molar-refractivity contribution < 1.29 is 8.42 Å². The van der Waals surface area contributed by atoms with Crippen molar-refractivity contribution in [3.8, 4) is 5.69 Å². The molecule has 9 heteroatoms. The van der Waals surface area contributed by atoms with Gasteiger partial charge in [-0.1, -0.05) is 30.3 Å². The predicted octanol–water partition coefficient (Wildman–Crippen LogP) is 1.42. The first-order chi connectivity index (χ1) is 11.5. The number of aryl methyl sites for hydroxylation is 1. The summed E-state index contributed by atoms with van der Waals surface area (Å²) in [6.07, 6.45) is 0. The van der Waals surface area contributed by atoms with Gasteiger partial charge in [0.2, 0.25) is 0 Å². The van der Waals surface area contributed by atoms with Crippen LogP contribution in [0.5, 0.6) is 0 Å². The largest absolute Gasteiger partial charge is 0.299 e. The second-order valence-corrected chi connectivity index (χ2v) is 6.60. The quantitative estimate of drug-likeness (QED) is 0.704. The summed E-state index contributed by atoms with van der Waals surface area (Å²) in [7, 11) is -3.65. The summed E-state index contributed by atoms with van der Waals surface area (Å²) >= 11 is 0. The van der Waals surface area contributed by atoms with Crippen LogP contribution in [-0.4, -0.2) is 28.6 Å². The highest BCUT2D eigenvalue weighted by molar-refractivity contribution is 7.90. The monoisotopic (exact) mass is 344 g/mol. The molecule has 2 N–H and O–H groups in total. The molecule has 1 aromatic heterocycles. The molecular formula is C15H16N6O2S. The minimum Gasteiger partial charge on any atom is -0.271 e. The maximum Gasteiger partial charge on any atom is 0.299 e. The van der Waals surface area contributed by atoms with Gasteiger partial charge in [-0.25, -0.2) is 0 Å². The molecule has 0 aliphatic rings. The molecule has 2 aromatic carbocycles. The Hall–Kier alpha value is -2.78. The molecule has 0 spiro atoms. The SMILES string of the molecule is Cc1nnnn1-c1ccc(NS(=O)(=O)NCc2ccccc2)cc1. The number of tetrazole rings is 1. The third-order valence-corrected chi connectivity index (χ3v) is 4.33. The van der Waals surface area contributed by atoms with Gasteiger partial charge in [0.1, 0.15) is 0 Å². The van der Waals surface area contributed by atoms with Crippen LogP contribution in [0.1, 0.15) is 11.4 Å². The van der Waals surface area contributed by atoms with Gasteiger partial charge in [0.05, 0.1) is 5.69 Å². The average molecular weight is 344 g/mol. The van der Waals surface area contributed by atoms with Crippen molar-refractivity contribution in [1.82, 2.24) is 24.9 Å². The Morgan fingerprint density at radius 3 is 2.38 bits per heavy atom. The molecule has 0 aliphatic carbocycles. The van der Waals surface area contributed by atoms with E-state index in [2.05, 4.69) is 25.0 Å². The second-order valence-electron chi connectivity index (χ2n) is 5.10. The van der Waals surface area contributed by atoms with Gasteiger partial charge in [0.25, 0.3) is 10.2 Å². The number of rotatable bonds is 6. The first kappa shape index (κ1) is 16.1. The number of anilines is 1. The Bertz CT molecular complexity index is 907. The van der Waals surface area contributed by atoms with Gasteiger partial charge >= 0.3 is 0 Å². The van der Waals surface area contributed by atoms with Gasteiger partial charge in [0, 0.05) is 12.2 Å². The van der Waals surface area contributed by atoms with E-state index in [-0.39, 0.29) is 6.54 Å². The molecule has 0 bridgehead atoms. The van der Waals surface area contributed by atoms with E-state index < -0.39 is 10.2 Å². The molecule has 124 valence electrons. The number of hydrogen-bond acceptors (Lipinski definition) is 5. The maximum absolute atomic E-state index is 12.1. The standard InChI is InChI=1S/C15H16N6O2S/c1-12-17-19-20-21(12)15-9-7-14(8-10-15)18-24(22,23)16-11-13-5-3-2-4-6-13/h2-10,16,18H,11H2,1H3. The van der Waals surface area contributed by atoms with Gasteiger partial charge in [0.15, 0.2) is 5.82 Å². The van der Waals surface area contributed by atoms with Gasteiger partial charge in [-0.15, -0.1) is 5.10 Å². The van der Waals surface area contributed by atoms with Crippen molar-refractivity contribution in [2.45, 2.75) is 13.5 Å². The molecule has 0 unspecified atom stereocenters. The van der Waals surface area contributed by atoms with Crippen LogP contribution in [0, 0.1) is 6.92 Å². The average Bonchev–Trinajstić information content (AvgIpc) is 3.01. The lowest BCUT2D eigenvalue weighted by molar-refractivity contribution is 0.587.